The third-order valence-corrected chi connectivity index (χ3v) is 4.44. The number of unbranched alkanes of at least 4 members (excludes halogenated alkanes) is 2. The molecule has 7 nitrogen and oxygen atoms in total. The minimum absolute atomic E-state index is 0.144. The third-order valence-electron chi connectivity index (χ3n) is 4.44. The molecule has 148 valence electrons. The molecule has 0 aliphatic heterocycles. The lowest BCUT2D eigenvalue weighted by Crippen LogP contribution is -2.33. The first-order chi connectivity index (χ1) is 13.1. The fourth-order valence-electron chi connectivity index (χ4n) is 2.74. The van der Waals surface area contributed by atoms with Gasteiger partial charge in [0.2, 0.25) is 5.82 Å². The number of amides is 1. The zero-order chi connectivity index (χ0) is 19.6. The number of aromatic nitrogens is 3. The van der Waals surface area contributed by atoms with Crippen LogP contribution in [0.3, 0.4) is 0 Å². The number of carbonyl (C=O) groups is 1. The predicted octanol–water partition coefficient (Wildman–Crippen LogP) is 3.06. The number of benzene rings is 1. The zero-order valence-electron chi connectivity index (χ0n) is 16.5. The molecule has 1 aromatic carbocycles. The highest BCUT2D eigenvalue weighted by Crippen LogP contribution is 2.18. The van der Waals surface area contributed by atoms with Gasteiger partial charge in [0.25, 0.3) is 5.91 Å². The van der Waals surface area contributed by atoms with Gasteiger partial charge in [-0.2, -0.15) is 0 Å². The molecule has 1 atom stereocenters. The van der Waals surface area contributed by atoms with Crippen LogP contribution in [0.1, 0.15) is 61.8 Å². The van der Waals surface area contributed by atoms with E-state index >= 15 is 0 Å². The van der Waals surface area contributed by atoms with Gasteiger partial charge in [-0.05, 0) is 30.5 Å². The van der Waals surface area contributed by atoms with Crippen LogP contribution in [0.2, 0.25) is 0 Å². The molecule has 2 aromatic rings. The van der Waals surface area contributed by atoms with Crippen LogP contribution in [0, 0.1) is 0 Å². The first-order valence-corrected chi connectivity index (χ1v) is 9.59. The van der Waals surface area contributed by atoms with E-state index < -0.39 is 6.10 Å². The molecule has 0 aliphatic rings. The molecule has 0 radical (unpaired) electrons. The second-order valence-electron chi connectivity index (χ2n) is 6.58. The van der Waals surface area contributed by atoms with Gasteiger partial charge in [-0.1, -0.05) is 38.8 Å². The number of methoxy groups -OCH3 is 1. The lowest BCUT2D eigenvalue weighted by Gasteiger charge is -2.20. The molecular formula is C20H30N4O3. The molecule has 0 bridgehead atoms. The van der Waals surface area contributed by atoms with E-state index in [9.17, 15) is 9.90 Å². The van der Waals surface area contributed by atoms with Crippen LogP contribution in [0.25, 0.3) is 0 Å². The molecule has 0 fully saturated rings. The Morgan fingerprint density at radius 3 is 2.37 bits per heavy atom. The summed E-state index contributed by atoms with van der Waals surface area (Å²) in [5.41, 5.74) is 0.756. The van der Waals surface area contributed by atoms with Crippen LogP contribution >= 0.6 is 0 Å². The summed E-state index contributed by atoms with van der Waals surface area (Å²) in [4.78, 5) is 18.7. The van der Waals surface area contributed by atoms with Crippen molar-refractivity contribution in [3.63, 3.8) is 0 Å². The summed E-state index contributed by atoms with van der Waals surface area (Å²) < 4.78 is 6.64. The van der Waals surface area contributed by atoms with E-state index in [1.165, 1.54) is 11.0 Å². The van der Waals surface area contributed by atoms with Gasteiger partial charge in [0.1, 0.15) is 12.1 Å². The second-order valence-corrected chi connectivity index (χ2v) is 6.58. The zero-order valence-corrected chi connectivity index (χ0v) is 16.5. The van der Waals surface area contributed by atoms with Crippen molar-refractivity contribution in [2.45, 2.75) is 52.2 Å². The third kappa shape index (κ3) is 6.06. The normalized spacial score (nSPS) is 12.0. The topological polar surface area (TPSA) is 80.5 Å². The van der Waals surface area contributed by atoms with E-state index in [4.69, 9.17) is 4.74 Å². The lowest BCUT2D eigenvalue weighted by atomic mass is 10.1. The van der Waals surface area contributed by atoms with Gasteiger partial charge in [-0.15, -0.1) is 5.10 Å². The highest BCUT2D eigenvalue weighted by molar-refractivity contribution is 5.90. The first kappa shape index (κ1) is 20.9. The quantitative estimate of drug-likeness (QED) is 0.654. The summed E-state index contributed by atoms with van der Waals surface area (Å²) >= 11 is 0. The van der Waals surface area contributed by atoms with Gasteiger partial charge in [-0.25, -0.2) is 9.67 Å². The van der Waals surface area contributed by atoms with E-state index in [1.807, 2.05) is 17.0 Å². The molecule has 7 heteroatoms. The number of aliphatic hydroxyl groups excluding tert-OH is 1. The number of aliphatic hydroxyl groups is 1. The van der Waals surface area contributed by atoms with Crippen molar-refractivity contribution >= 4 is 5.91 Å². The molecule has 27 heavy (non-hydrogen) atoms. The van der Waals surface area contributed by atoms with Crippen molar-refractivity contribution in [3.8, 4) is 5.75 Å². The molecular weight excluding hydrogens is 344 g/mol. The number of ether oxygens (including phenoxy) is 1. The van der Waals surface area contributed by atoms with Crippen LogP contribution in [0.5, 0.6) is 5.75 Å². The summed E-state index contributed by atoms with van der Waals surface area (Å²) in [5, 5.41) is 14.7. The fraction of sp³-hybridized carbons (Fsp3) is 0.550. The van der Waals surface area contributed by atoms with Crippen LogP contribution < -0.4 is 4.74 Å². The Morgan fingerprint density at radius 2 is 1.81 bits per heavy atom. The van der Waals surface area contributed by atoms with Crippen LogP contribution in [-0.2, 0) is 6.54 Å². The largest absolute Gasteiger partial charge is 0.497 e. The number of carbonyl (C=O) groups excluding carboxylic acids is 1. The monoisotopic (exact) mass is 374 g/mol. The second kappa shape index (κ2) is 10.7. The SMILES string of the molecule is CCCCN(CCCC)C(=O)c1ncn(C[C@H](O)c2ccc(OC)cc2)n1. The number of rotatable bonds is 11. The standard InChI is InChI=1S/C20H30N4O3/c1-4-6-12-23(13-7-5-2)20(26)19-21-15-24(22-19)14-18(25)16-8-10-17(27-3)11-9-16/h8-11,15,18,25H,4-7,12-14H2,1-3H3/t18-/m0/s1. The van der Waals surface area contributed by atoms with Crippen molar-refractivity contribution in [3.05, 3.63) is 42.0 Å². The summed E-state index contributed by atoms with van der Waals surface area (Å²) in [6.45, 7) is 5.89. The summed E-state index contributed by atoms with van der Waals surface area (Å²) in [6, 6.07) is 7.22. The molecule has 1 amide bonds. The molecule has 2 rings (SSSR count). The molecule has 1 aromatic heterocycles. The summed E-state index contributed by atoms with van der Waals surface area (Å²) in [5.74, 6) is 0.776. The maximum absolute atomic E-state index is 12.7. The van der Waals surface area contributed by atoms with E-state index in [0.717, 1.165) is 50.1 Å². The Hall–Kier alpha value is -2.41. The van der Waals surface area contributed by atoms with Gasteiger partial charge in [0.15, 0.2) is 0 Å². The fourth-order valence-corrected chi connectivity index (χ4v) is 2.74. The smallest absolute Gasteiger partial charge is 0.293 e. The van der Waals surface area contributed by atoms with Crippen molar-refractivity contribution < 1.29 is 14.6 Å². The minimum Gasteiger partial charge on any atom is -0.497 e. The van der Waals surface area contributed by atoms with Crippen molar-refractivity contribution in [1.82, 2.24) is 19.7 Å². The maximum Gasteiger partial charge on any atom is 0.293 e. The number of nitrogens with zero attached hydrogens (tertiary/aromatic N) is 4. The Morgan fingerprint density at radius 1 is 1.19 bits per heavy atom. The highest BCUT2D eigenvalue weighted by atomic mass is 16.5. The molecule has 0 saturated carbocycles. The van der Waals surface area contributed by atoms with Crippen molar-refractivity contribution in [2.75, 3.05) is 20.2 Å². The van der Waals surface area contributed by atoms with E-state index in [1.54, 1.807) is 19.2 Å². The average Bonchev–Trinajstić information content (AvgIpc) is 3.16. The molecule has 1 N–H and O–H groups in total. The molecule has 0 aliphatic carbocycles. The number of hydrogen-bond donors (Lipinski definition) is 1. The van der Waals surface area contributed by atoms with Gasteiger partial charge in [0, 0.05) is 13.1 Å². The summed E-state index contributed by atoms with van der Waals surface area (Å²) in [6.07, 6.45) is 4.76. The van der Waals surface area contributed by atoms with Gasteiger partial charge in [0.05, 0.1) is 19.8 Å². The maximum atomic E-state index is 12.7. The first-order valence-electron chi connectivity index (χ1n) is 9.59. The van der Waals surface area contributed by atoms with Gasteiger partial charge in [-0.3, -0.25) is 4.79 Å². The Labute approximate surface area is 161 Å². The Bertz CT molecular complexity index is 692. The molecule has 0 saturated heterocycles. The summed E-state index contributed by atoms with van der Waals surface area (Å²) in [7, 11) is 1.60. The van der Waals surface area contributed by atoms with E-state index in [-0.39, 0.29) is 18.3 Å². The van der Waals surface area contributed by atoms with Gasteiger partial charge < -0.3 is 14.7 Å². The molecule has 0 unspecified atom stereocenters. The minimum atomic E-state index is -0.739. The van der Waals surface area contributed by atoms with E-state index in [2.05, 4.69) is 23.9 Å². The molecule has 1 heterocycles. The average molecular weight is 374 g/mol. The van der Waals surface area contributed by atoms with Crippen LogP contribution in [-0.4, -0.2) is 50.9 Å². The highest BCUT2D eigenvalue weighted by Gasteiger charge is 2.20. The molecule has 0 spiro atoms. The Balaban J connectivity index is 2.01. The lowest BCUT2D eigenvalue weighted by molar-refractivity contribution is 0.0737. The Kier molecular flexibility index (Phi) is 8.26. The van der Waals surface area contributed by atoms with Crippen molar-refractivity contribution in [2.24, 2.45) is 0 Å². The van der Waals surface area contributed by atoms with Crippen LogP contribution in [0.15, 0.2) is 30.6 Å². The van der Waals surface area contributed by atoms with Crippen molar-refractivity contribution in [1.29, 1.82) is 0 Å². The van der Waals surface area contributed by atoms with E-state index in [0.29, 0.717) is 0 Å². The number of hydrogen-bond acceptors (Lipinski definition) is 5. The van der Waals surface area contributed by atoms with Gasteiger partial charge >= 0.3 is 0 Å². The van der Waals surface area contributed by atoms with Crippen LogP contribution in [0.4, 0.5) is 0 Å². The predicted molar refractivity (Wildman–Crippen MR) is 104 cm³/mol.